The van der Waals surface area contributed by atoms with Gasteiger partial charge in [0.25, 0.3) is 0 Å². The molecule has 27 heavy (non-hydrogen) atoms. The van der Waals surface area contributed by atoms with Crippen molar-refractivity contribution >= 4 is 23.3 Å². The molecule has 3 amide bonds. The van der Waals surface area contributed by atoms with Gasteiger partial charge in [-0.15, -0.1) is 0 Å². The maximum absolute atomic E-state index is 13.9. The van der Waals surface area contributed by atoms with Gasteiger partial charge in [-0.1, -0.05) is 18.2 Å². The Hall–Kier alpha value is -3.10. The minimum atomic E-state index is -4.55. The van der Waals surface area contributed by atoms with E-state index in [0.717, 1.165) is 17.0 Å². The highest BCUT2D eigenvalue weighted by molar-refractivity contribution is 5.92. The summed E-state index contributed by atoms with van der Waals surface area (Å²) in [5, 5.41) is 4.72. The van der Waals surface area contributed by atoms with Crippen LogP contribution in [0.5, 0.6) is 0 Å². The number of urea groups is 1. The number of hydrogen-bond donors (Lipinski definition) is 2. The van der Waals surface area contributed by atoms with Crippen molar-refractivity contribution in [1.29, 1.82) is 0 Å². The average Bonchev–Trinajstić information content (AvgIpc) is 2.56. The highest BCUT2D eigenvalue weighted by Gasteiger charge is 2.33. The number of nitrogens with one attached hydrogen (secondary N) is 2. The molecule has 0 aliphatic rings. The van der Waals surface area contributed by atoms with Crippen LogP contribution in [0.2, 0.25) is 0 Å². The van der Waals surface area contributed by atoms with Crippen LogP contribution >= 0.6 is 0 Å². The molecule has 0 aliphatic heterocycles. The molecule has 0 saturated heterocycles. The number of rotatable bonds is 4. The van der Waals surface area contributed by atoms with Crippen molar-refractivity contribution in [1.82, 2.24) is 4.90 Å². The predicted octanol–water partition coefficient (Wildman–Crippen LogP) is 4.47. The van der Waals surface area contributed by atoms with Crippen molar-refractivity contribution in [2.24, 2.45) is 0 Å². The summed E-state index contributed by atoms with van der Waals surface area (Å²) >= 11 is 0. The van der Waals surface area contributed by atoms with E-state index in [1.54, 1.807) is 0 Å². The number of anilines is 2. The van der Waals surface area contributed by atoms with Crippen molar-refractivity contribution in [2.45, 2.75) is 19.6 Å². The Kier molecular flexibility index (Phi) is 6.04. The smallest absolute Gasteiger partial charge is 0.326 e. The maximum Gasteiger partial charge on any atom is 0.416 e. The standard InChI is InChI=1S/C18H17F4N3O2/c1-11(26)23-13-7-8-15(19)16(9-13)24-17(27)25(2)10-12-5-3-4-6-14(12)18(20,21)22/h3-9H,10H2,1-2H3,(H,23,26)(H,24,27). The number of halogens is 4. The van der Waals surface area contributed by atoms with E-state index in [1.165, 1.54) is 44.3 Å². The molecular weight excluding hydrogens is 366 g/mol. The molecule has 0 aliphatic carbocycles. The molecular formula is C18H17F4N3O2. The Labute approximate surface area is 153 Å². The fourth-order valence-electron chi connectivity index (χ4n) is 2.37. The first-order valence-corrected chi connectivity index (χ1v) is 7.82. The van der Waals surface area contributed by atoms with E-state index in [9.17, 15) is 27.2 Å². The molecule has 9 heteroatoms. The van der Waals surface area contributed by atoms with Gasteiger partial charge in [0.1, 0.15) is 5.82 Å². The zero-order chi connectivity index (χ0) is 20.2. The van der Waals surface area contributed by atoms with Crippen molar-refractivity contribution in [2.75, 3.05) is 17.7 Å². The van der Waals surface area contributed by atoms with Crippen molar-refractivity contribution in [3.05, 3.63) is 59.4 Å². The molecule has 0 bridgehead atoms. The first-order chi connectivity index (χ1) is 12.6. The van der Waals surface area contributed by atoms with Gasteiger partial charge in [-0.3, -0.25) is 4.79 Å². The molecule has 0 saturated carbocycles. The Bertz CT molecular complexity index is 853. The number of carbonyl (C=O) groups excluding carboxylic acids is 2. The Morgan fingerprint density at radius 2 is 1.74 bits per heavy atom. The van der Waals surface area contributed by atoms with Gasteiger partial charge in [0.2, 0.25) is 5.91 Å². The number of alkyl halides is 3. The van der Waals surface area contributed by atoms with Crippen LogP contribution in [0.1, 0.15) is 18.1 Å². The zero-order valence-corrected chi connectivity index (χ0v) is 14.5. The quantitative estimate of drug-likeness (QED) is 0.766. The number of amides is 3. The van der Waals surface area contributed by atoms with Gasteiger partial charge in [0, 0.05) is 26.2 Å². The Morgan fingerprint density at radius 1 is 1.07 bits per heavy atom. The lowest BCUT2D eigenvalue weighted by Crippen LogP contribution is -2.32. The summed E-state index contributed by atoms with van der Waals surface area (Å²) in [4.78, 5) is 24.3. The van der Waals surface area contributed by atoms with E-state index >= 15 is 0 Å². The highest BCUT2D eigenvalue weighted by atomic mass is 19.4. The normalized spacial score (nSPS) is 11.0. The van der Waals surface area contributed by atoms with Gasteiger partial charge < -0.3 is 15.5 Å². The van der Waals surface area contributed by atoms with Crippen LogP contribution in [0.15, 0.2) is 42.5 Å². The number of hydrogen-bond acceptors (Lipinski definition) is 2. The minimum absolute atomic E-state index is 0.0879. The lowest BCUT2D eigenvalue weighted by Gasteiger charge is -2.21. The van der Waals surface area contributed by atoms with Gasteiger partial charge in [-0.25, -0.2) is 9.18 Å². The molecule has 0 fully saturated rings. The van der Waals surface area contributed by atoms with Crippen LogP contribution in [0.4, 0.5) is 33.7 Å². The second-order valence-corrected chi connectivity index (χ2v) is 5.82. The topological polar surface area (TPSA) is 61.4 Å². The second kappa shape index (κ2) is 8.07. The Balaban J connectivity index is 2.14. The van der Waals surface area contributed by atoms with E-state index in [-0.39, 0.29) is 29.4 Å². The largest absolute Gasteiger partial charge is 0.416 e. The molecule has 0 unspecified atom stereocenters. The fraction of sp³-hybridized carbons (Fsp3) is 0.222. The molecule has 0 heterocycles. The van der Waals surface area contributed by atoms with Gasteiger partial charge >= 0.3 is 12.2 Å². The summed E-state index contributed by atoms with van der Waals surface area (Å²) in [6.45, 7) is 0.946. The van der Waals surface area contributed by atoms with Gasteiger partial charge in [-0.2, -0.15) is 13.2 Å². The monoisotopic (exact) mass is 383 g/mol. The van der Waals surface area contributed by atoms with Crippen molar-refractivity contribution < 1.29 is 27.2 Å². The zero-order valence-electron chi connectivity index (χ0n) is 14.5. The molecule has 2 rings (SSSR count). The summed E-state index contributed by atoms with van der Waals surface area (Å²) in [7, 11) is 1.29. The number of benzene rings is 2. The molecule has 0 atom stereocenters. The van der Waals surface area contributed by atoms with Crippen molar-refractivity contribution in [3.63, 3.8) is 0 Å². The molecule has 2 aromatic rings. The first kappa shape index (κ1) is 20.2. The summed E-state index contributed by atoms with van der Waals surface area (Å²) in [5.74, 6) is -1.12. The summed E-state index contributed by atoms with van der Waals surface area (Å²) in [6, 6.07) is 7.68. The van der Waals surface area contributed by atoms with E-state index in [2.05, 4.69) is 10.6 Å². The Morgan fingerprint density at radius 3 is 2.37 bits per heavy atom. The van der Waals surface area contributed by atoms with Crippen LogP contribution in [0.3, 0.4) is 0 Å². The average molecular weight is 383 g/mol. The third kappa shape index (κ3) is 5.44. The fourth-order valence-corrected chi connectivity index (χ4v) is 2.37. The molecule has 144 valence electrons. The first-order valence-electron chi connectivity index (χ1n) is 7.82. The van der Waals surface area contributed by atoms with Crippen LogP contribution < -0.4 is 10.6 Å². The van der Waals surface area contributed by atoms with Crippen LogP contribution in [0, 0.1) is 5.82 Å². The molecule has 2 N–H and O–H groups in total. The van der Waals surface area contributed by atoms with Crippen LogP contribution in [-0.4, -0.2) is 23.9 Å². The molecule has 5 nitrogen and oxygen atoms in total. The predicted molar refractivity (Wildman–Crippen MR) is 92.6 cm³/mol. The molecule has 0 aromatic heterocycles. The lowest BCUT2D eigenvalue weighted by molar-refractivity contribution is -0.138. The van der Waals surface area contributed by atoms with Gasteiger partial charge in [0.15, 0.2) is 0 Å². The summed E-state index contributed by atoms with van der Waals surface area (Å²) in [5.41, 5.74) is -0.870. The van der Waals surface area contributed by atoms with E-state index < -0.39 is 23.6 Å². The molecule has 2 aromatic carbocycles. The maximum atomic E-state index is 13.9. The molecule has 0 radical (unpaired) electrons. The van der Waals surface area contributed by atoms with E-state index in [4.69, 9.17) is 0 Å². The second-order valence-electron chi connectivity index (χ2n) is 5.82. The lowest BCUT2D eigenvalue weighted by atomic mass is 10.1. The van der Waals surface area contributed by atoms with E-state index in [0.29, 0.717) is 0 Å². The van der Waals surface area contributed by atoms with Crippen LogP contribution in [0.25, 0.3) is 0 Å². The summed E-state index contributed by atoms with van der Waals surface area (Å²) < 4.78 is 53.0. The molecule has 0 spiro atoms. The third-order valence-electron chi connectivity index (χ3n) is 3.61. The van der Waals surface area contributed by atoms with Gasteiger partial charge in [0.05, 0.1) is 11.3 Å². The highest BCUT2D eigenvalue weighted by Crippen LogP contribution is 2.32. The minimum Gasteiger partial charge on any atom is -0.326 e. The SMILES string of the molecule is CC(=O)Nc1ccc(F)c(NC(=O)N(C)Cc2ccccc2C(F)(F)F)c1. The van der Waals surface area contributed by atoms with E-state index in [1.807, 2.05) is 0 Å². The van der Waals surface area contributed by atoms with Crippen LogP contribution in [-0.2, 0) is 17.5 Å². The third-order valence-corrected chi connectivity index (χ3v) is 3.61. The summed E-state index contributed by atoms with van der Waals surface area (Å²) in [6.07, 6.45) is -4.55. The number of carbonyl (C=O) groups is 2. The van der Waals surface area contributed by atoms with Crippen molar-refractivity contribution in [3.8, 4) is 0 Å². The number of nitrogens with zero attached hydrogens (tertiary/aromatic N) is 1. The van der Waals surface area contributed by atoms with Gasteiger partial charge in [-0.05, 0) is 29.8 Å².